The van der Waals surface area contributed by atoms with Gasteiger partial charge in [0.05, 0.1) is 17.9 Å². The second kappa shape index (κ2) is 5.09. The molecule has 4 nitrogen and oxygen atoms in total. The first-order valence-corrected chi connectivity index (χ1v) is 6.65. The second-order valence-corrected chi connectivity index (χ2v) is 5.00. The molecule has 2 N–H and O–H groups in total. The van der Waals surface area contributed by atoms with E-state index >= 15 is 0 Å². The third-order valence-corrected chi connectivity index (χ3v) is 3.81. The summed E-state index contributed by atoms with van der Waals surface area (Å²) in [4.78, 5) is 0. The molecule has 0 atom stereocenters. The third-order valence-electron chi connectivity index (χ3n) is 3.81. The topological polar surface area (TPSA) is 56.7 Å². The lowest BCUT2D eigenvalue weighted by Crippen LogP contribution is -2.18. The van der Waals surface area contributed by atoms with Gasteiger partial charge in [-0.05, 0) is 18.9 Å². The van der Waals surface area contributed by atoms with E-state index in [2.05, 4.69) is 10.3 Å². The first-order chi connectivity index (χ1) is 9.29. The Bertz CT molecular complexity index is 575. The Morgan fingerprint density at radius 1 is 1.32 bits per heavy atom. The lowest BCUT2D eigenvalue weighted by Gasteiger charge is -2.26. The molecule has 0 saturated heterocycles. The van der Waals surface area contributed by atoms with Gasteiger partial charge in [0, 0.05) is 18.0 Å². The van der Waals surface area contributed by atoms with E-state index < -0.39 is 0 Å². The molecule has 0 unspecified atom stereocenters. The van der Waals surface area contributed by atoms with E-state index in [-0.39, 0.29) is 5.82 Å². The van der Waals surface area contributed by atoms with Crippen LogP contribution in [0, 0.1) is 5.82 Å². The predicted octanol–water partition coefficient (Wildman–Crippen LogP) is 2.19. The van der Waals surface area contributed by atoms with Gasteiger partial charge in [-0.25, -0.2) is 9.07 Å². The number of benzene rings is 1. The summed E-state index contributed by atoms with van der Waals surface area (Å²) in [6, 6.07) is 6.78. The highest BCUT2D eigenvalue weighted by Gasteiger charge is 2.27. The van der Waals surface area contributed by atoms with Crippen LogP contribution in [0.4, 0.5) is 4.39 Å². The van der Waals surface area contributed by atoms with E-state index in [1.807, 2.05) is 10.7 Å². The van der Waals surface area contributed by atoms with Crippen LogP contribution in [-0.4, -0.2) is 15.0 Å². The first kappa shape index (κ1) is 12.3. The molecule has 0 bridgehead atoms. The number of halogens is 1. The molecular weight excluding hydrogens is 243 g/mol. The summed E-state index contributed by atoms with van der Waals surface area (Å²) >= 11 is 0. The SMILES string of the molecule is NCc1nnn(Cc2ccccc2F)c1C1CCC1. The molecule has 1 aromatic heterocycles. The van der Waals surface area contributed by atoms with E-state index in [0.717, 1.165) is 24.2 Å². The van der Waals surface area contributed by atoms with Gasteiger partial charge in [0.25, 0.3) is 0 Å². The van der Waals surface area contributed by atoms with Gasteiger partial charge in [0.1, 0.15) is 5.82 Å². The zero-order valence-electron chi connectivity index (χ0n) is 10.7. The molecule has 0 amide bonds. The molecule has 1 aliphatic carbocycles. The highest BCUT2D eigenvalue weighted by atomic mass is 19.1. The molecule has 0 spiro atoms. The molecule has 1 aromatic carbocycles. The van der Waals surface area contributed by atoms with E-state index in [9.17, 15) is 4.39 Å². The van der Waals surface area contributed by atoms with E-state index in [1.165, 1.54) is 12.5 Å². The van der Waals surface area contributed by atoms with E-state index in [4.69, 9.17) is 5.73 Å². The van der Waals surface area contributed by atoms with Gasteiger partial charge in [-0.2, -0.15) is 0 Å². The van der Waals surface area contributed by atoms with Crippen LogP contribution in [-0.2, 0) is 13.1 Å². The van der Waals surface area contributed by atoms with Crippen LogP contribution in [0.2, 0.25) is 0 Å². The number of hydrogen-bond acceptors (Lipinski definition) is 3. The predicted molar refractivity (Wildman–Crippen MR) is 70.0 cm³/mol. The minimum atomic E-state index is -0.202. The standard InChI is InChI=1S/C14H17FN4/c15-12-7-2-1-4-11(12)9-19-14(10-5-3-6-10)13(8-16)17-18-19/h1-2,4,7,10H,3,5-6,8-9,16H2. The highest BCUT2D eigenvalue weighted by molar-refractivity contribution is 5.22. The lowest BCUT2D eigenvalue weighted by molar-refractivity contribution is 0.389. The number of nitrogens with zero attached hydrogens (tertiary/aromatic N) is 3. The van der Waals surface area contributed by atoms with Gasteiger partial charge >= 0.3 is 0 Å². The first-order valence-electron chi connectivity index (χ1n) is 6.65. The summed E-state index contributed by atoms with van der Waals surface area (Å²) < 4.78 is 15.5. The molecule has 1 saturated carbocycles. The molecule has 19 heavy (non-hydrogen) atoms. The molecule has 3 rings (SSSR count). The minimum Gasteiger partial charge on any atom is -0.325 e. The van der Waals surface area contributed by atoms with E-state index in [1.54, 1.807) is 12.1 Å². The van der Waals surface area contributed by atoms with Crippen LogP contribution in [0.25, 0.3) is 0 Å². The summed E-state index contributed by atoms with van der Waals surface area (Å²) in [5, 5.41) is 8.28. The van der Waals surface area contributed by atoms with Crippen LogP contribution < -0.4 is 5.73 Å². The van der Waals surface area contributed by atoms with Crippen molar-refractivity contribution in [2.24, 2.45) is 5.73 Å². The number of rotatable bonds is 4. The molecule has 100 valence electrons. The van der Waals surface area contributed by atoms with Crippen molar-refractivity contribution >= 4 is 0 Å². The molecule has 0 aliphatic heterocycles. The van der Waals surface area contributed by atoms with Gasteiger partial charge in [0.2, 0.25) is 0 Å². The van der Waals surface area contributed by atoms with Gasteiger partial charge in [-0.15, -0.1) is 5.10 Å². The Balaban J connectivity index is 1.92. The normalized spacial score (nSPS) is 15.5. The van der Waals surface area contributed by atoms with Crippen molar-refractivity contribution in [3.63, 3.8) is 0 Å². The van der Waals surface area contributed by atoms with Crippen molar-refractivity contribution in [2.45, 2.75) is 38.3 Å². The summed E-state index contributed by atoms with van der Waals surface area (Å²) in [6.07, 6.45) is 3.54. The van der Waals surface area contributed by atoms with Crippen molar-refractivity contribution in [3.05, 3.63) is 47.0 Å². The van der Waals surface area contributed by atoms with Crippen LogP contribution in [0.1, 0.15) is 42.1 Å². The Kier molecular flexibility index (Phi) is 3.29. The average molecular weight is 260 g/mol. The molecule has 1 fully saturated rings. The molecule has 1 aliphatic rings. The Morgan fingerprint density at radius 2 is 2.11 bits per heavy atom. The molecule has 5 heteroatoms. The smallest absolute Gasteiger partial charge is 0.128 e. The molecule has 0 radical (unpaired) electrons. The fraction of sp³-hybridized carbons (Fsp3) is 0.429. The lowest BCUT2D eigenvalue weighted by atomic mass is 9.82. The Hall–Kier alpha value is -1.75. The van der Waals surface area contributed by atoms with Crippen LogP contribution in [0.3, 0.4) is 0 Å². The largest absolute Gasteiger partial charge is 0.325 e. The fourth-order valence-corrected chi connectivity index (χ4v) is 2.53. The maximum absolute atomic E-state index is 13.7. The number of aromatic nitrogens is 3. The third kappa shape index (κ3) is 2.26. The summed E-state index contributed by atoms with van der Waals surface area (Å²) in [7, 11) is 0. The summed E-state index contributed by atoms with van der Waals surface area (Å²) in [6.45, 7) is 0.814. The van der Waals surface area contributed by atoms with Crippen molar-refractivity contribution in [1.29, 1.82) is 0 Å². The van der Waals surface area contributed by atoms with Gasteiger partial charge < -0.3 is 5.73 Å². The van der Waals surface area contributed by atoms with Crippen molar-refractivity contribution in [2.75, 3.05) is 0 Å². The molecule has 2 aromatic rings. The maximum atomic E-state index is 13.7. The average Bonchev–Trinajstić information content (AvgIpc) is 2.73. The minimum absolute atomic E-state index is 0.202. The van der Waals surface area contributed by atoms with Gasteiger partial charge in [0.15, 0.2) is 0 Å². The number of nitrogens with two attached hydrogens (primary N) is 1. The maximum Gasteiger partial charge on any atom is 0.128 e. The fourth-order valence-electron chi connectivity index (χ4n) is 2.53. The van der Waals surface area contributed by atoms with Gasteiger partial charge in [-0.1, -0.05) is 29.8 Å². The van der Waals surface area contributed by atoms with Crippen molar-refractivity contribution < 1.29 is 4.39 Å². The Labute approximate surface area is 111 Å². The highest BCUT2D eigenvalue weighted by Crippen LogP contribution is 2.37. The van der Waals surface area contributed by atoms with Gasteiger partial charge in [-0.3, -0.25) is 0 Å². The van der Waals surface area contributed by atoms with E-state index in [0.29, 0.717) is 24.6 Å². The zero-order valence-corrected chi connectivity index (χ0v) is 10.7. The van der Waals surface area contributed by atoms with Crippen LogP contribution in [0.15, 0.2) is 24.3 Å². The van der Waals surface area contributed by atoms with Crippen LogP contribution in [0.5, 0.6) is 0 Å². The van der Waals surface area contributed by atoms with Crippen molar-refractivity contribution in [3.8, 4) is 0 Å². The Morgan fingerprint density at radius 3 is 2.74 bits per heavy atom. The molecular formula is C14H17FN4. The summed E-state index contributed by atoms with van der Waals surface area (Å²) in [5.74, 6) is 0.284. The molecule has 1 heterocycles. The van der Waals surface area contributed by atoms with Crippen molar-refractivity contribution in [1.82, 2.24) is 15.0 Å². The second-order valence-electron chi connectivity index (χ2n) is 5.00. The quantitative estimate of drug-likeness (QED) is 0.916. The monoisotopic (exact) mass is 260 g/mol. The zero-order chi connectivity index (χ0) is 13.2. The summed E-state index contributed by atoms with van der Waals surface area (Å²) in [5.41, 5.74) is 8.29. The number of hydrogen-bond donors (Lipinski definition) is 1. The van der Waals surface area contributed by atoms with Crippen LogP contribution >= 0.6 is 0 Å².